The van der Waals surface area contributed by atoms with Gasteiger partial charge in [-0.3, -0.25) is 4.79 Å². The minimum absolute atomic E-state index is 0.0820. The predicted octanol–water partition coefficient (Wildman–Crippen LogP) is 1.56. The van der Waals surface area contributed by atoms with Crippen LogP contribution in [0.4, 0.5) is 0 Å². The molecule has 2 atom stereocenters. The fourth-order valence-corrected chi connectivity index (χ4v) is 3.17. The van der Waals surface area contributed by atoms with Gasteiger partial charge in [0.15, 0.2) is 6.10 Å². The second-order valence-corrected chi connectivity index (χ2v) is 6.64. The van der Waals surface area contributed by atoms with Gasteiger partial charge in [-0.1, -0.05) is 18.2 Å². The third kappa shape index (κ3) is 4.03. The smallest absolute Gasteiger partial charge is 0.264 e. The van der Waals surface area contributed by atoms with Gasteiger partial charge in [0, 0.05) is 32.7 Å². The van der Waals surface area contributed by atoms with E-state index < -0.39 is 6.10 Å². The Morgan fingerprint density at radius 3 is 2.78 bits per heavy atom. The van der Waals surface area contributed by atoms with Gasteiger partial charge in [-0.05, 0) is 38.6 Å². The minimum Gasteiger partial charge on any atom is -0.480 e. The molecule has 0 unspecified atom stereocenters. The molecule has 23 heavy (non-hydrogen) atoms. The summed E-state index contributed by atoms with van der Waals surface area (Å²) in [4.78, 5) is 17.0. The number of hydrogen-bond acceptors (Lipinski definition) is 4. The van der Waals surface area contributed by atoms with Crippen LogP contribution in [0.1, 0.15) is 18.4 Å². The summed E-state index contributed by atoms with van der Waals surface area (Å²) in [5.41, 5.74) is 1.12. The van der Waals surface area contributed by atoms with E-state index in [-0.39, 0.29) is 12.0 Å². The third-order valence-corrected chi connectivity index (χ3v) is 4.50. The second kappa shape index (κ2) is 7.32. The maximum absolute atomic E-state index is 12.9. The summed E-state index contributed by atoms with van der Waals surface area (Å²) in [7, 11) is 4.05. The number of likely N-dealkylation sites (N-methyl/N-ethyl adjacent to an activating group) is 1. The Kier molecular flexibility index (Phi) is 5.18. The van der Waals surface area contributed by atoms with Crippen molar-refractivity contribution >= 4 is 5.91 Å². The highest BCUT2D eigenvalue weighted by molar-refractivity contribution is 5.82. The first-order chi connectivity index (χ1) is 11.1. The molecule has 2 aliphatic heterocycles. The van der Waals surface area contributed by atoms with Crippen molar-refractivity contribution in [1.82, 2.24) is 9.80 Å². The van der Waals surface area contributed by atoms with Gasteiger partial charge in [0.25, 0.3) is 5.91 Å². The zero-order valence-electron chi connectivity index (χ0n) is 14.0. The molecular weight excluding hydrogens is 292 g/mol. The van der Waals surface area contributed by atoms with Crippen LogP contribution < -0.4 is 4.74 Å². The SMILES string of the molecule is CN(C)CCN(C[C@@H]1CCCO1)C(=O)[C@H]1Cc2ccccc2O1. The summed E-state index contributed by atoms with van der Waals surface area (Å²) >= 11 is 0. The highest BCUT2D eigenvalue weighted by Crippen LogP contribution is 2.29. The molecule has 0 radical (unpaired) electrons. The van der Waals surface area contributed by atoms with E-state index in [1.54, 1.807) is 0 Å². The number of rotatable bonds is 6. The topological polar surface area (TPSA) is 42.0 Å². The standard InChI is InChI=1S/C18H26N2O3/c1-19(2)9-10-20(13-15-7-5-11-22-15)18(21)17-12-14-6-3-4-8-16(14)23-17/h3-4,6,8,15,17H,5,7,9-13H2,1-2H3/t15-,17+/m0/s1. The van der Waals surface area contributed by atoms with Gasteiger partial charge in [-0.25, -0.2) is 0 Å². The van der Waals surface area contributed by atoms with E-state index >= 15 is 0 Å². The molecule has 1 fully saturated rings. The van der Waals surface area contributed by atoms with E-state index in [9.17, 15) is 4.79 Å². The molecule has 0 aromatic heterocycles. The van der Waals surface area contributed by atoms with E-state index in [2.05, 4.69) is 4.90 Å². The number of benzene rings is 1. The summed E-state index contributed by atoms with van der Waals surface area (Å²) in [5.74, 6) is 0.925. The number of amides is 1. The summed E-state index contributed by atoms with van der Waals surface area (Å²) in [6.45, 7) is 3.04. The molecule has 0 bridgehead atoms. The van der Waals surface area contributed by atoms with Crippen molar-refractivity contribution in [3.05, 3.63) is 29.8 Å². The van der Waals surface area contributed by atoms with Crippen molar-refractivity contribution in [2.75, 3.05) is 40.3 Å². The Hall–Kier alpha value is -1.59. The number of para-hydroxylation sites is 1. The number of carbonyl (C=O) groups is 1. The van der Waals surface area contributed by atoms with Crippen LogP contribution in [0.2, 0.25) is 0 Å². The average Bonchev–Trinajstić information content (AvgIpc) is 3.19. The molecule has 1 aromatic carbocycles. The van der Waals surface area contributed by atoms with Crippen LogP contribution in [0.5, 0.6) is 5.75 Å². The fraction of sp³-hybridized carbons (Fsp3) is 0.611. The Balaban J connectivity index is 1.64. The molecule has 0 saturated carbocycles. The lowest BCUT2D eigenvalue weighted by Crippen LogP contribution is -2.47. The quantitative estimate of drug-likeness (QED) is 0.798. The number of nitrogens with zero attached hydrogens (tertiary/aromatic N) is 2. The Morgan fingerprint density at radius 2 is 2.09 bits per heavy atom. The lowest BCUT2D eigenvalue weighted by molar-refractivity contribution is -0.139. The zero-order chi connectivity index (χ0) is 16.2. The molecule has 0 aliphatic carbocycles. The molecule has 1 aromatic rings. The monoisotopic (exact) mass is 318 g/mol. The lowest BCUT2D eigenvalue weighted by Gasteiger charge is -2.28. The molecule has 3 rings (SSSR count). The Labute approximate surface area is 138 Å². The Morgan fingerprint density at radius 1 is 1.26 bits per heavy atom. The molecule has 1 saturated heterocycles. The average molecular weight is 318 g/mol. The van der Waals surface area contributed by atoms with Crippen LogP contribution in [0.25, 0.3) is 0 Å². The van der Waals surface area contributed by atoms with Crippen molar-refractivity contribution < 1.29 is 14.3 Å². The van der Waals surface area contributed by atoms with Crippen LogP contribution in [0.3, 0.4) is 0 Å². The van der Waals surface area contributed by atoms with Gasteiger partial charge in [0.2, 0.25) is 0 Å². The Bertz CT molecular complexity index is 516. The van der Waals surface area contributed by atoms with Gasteiger partial charge in [-0.2, -0.15) is 0 Å². The normalized spacial score (nSPS) is 22.9. The highest BCUT2D eigenvalue weighted by atomic mass is 16.5. The van der Waals surface area contributed by atoms with Crippen LogP contribution in [-0.2, 0) is 16.0 Å². The van der Waals surface area contributed by atoms with Crippen molar-refractivity contribution in [2.45, 2.75) is 31.5 Å². The van der Waals surface area contributed by atoms with Crippen LogP contribution in [-0.4, -0.2) is 68.3 Å². The van der Waals surface area contributed by atoms with E-state index in [0.717, 1.165) is 37.3 Å². The molecular formula is C18H26N2O3. The van der Waals surface area contributed by atoms with Crippen molar-refractivity contribution in [2.24, 2.45) is 0 Å². The third-order valence-electron chi connectivity index (χ3n) is 4.50. The summed E-state index contributed by atoms with van der Waals surface area (Å²) in [5, 5.41) is 0. The minimum atomic E-state index is -0.393. The van der Waals surface area contributed by atoms with E-state index in [1.807, 2.05) is 43.3 Å². The fourth-order valence-electron chi connectivity index (χ4n) is 3.17. The highest BCUT2D eigenvalue weighted by Gasteiger charge is 2.33. The van der Waals surface area contributed by atoms with E-state index in [1.165, 1.54) is 0 Å². The summed E-state index contributed by atoms with van der Waals surface area (Å²) in [6.07, 6.45) is 2.57. The molecule has 5 nitrogen and oxygen atoms in total. The molecule has 126 valence electrons. The lowest BCUT2D eigenvalue weighted by atomic mass is 10.1. The number of fused-ring (bicyclic) bond motifs is 1. The molecule has 0 N–H and O–H groups in total. The van der Waals surface area contributed by atoms with E-state index in [4.69, 9.17) is 9.47 Å². The first-order valence-electron chi connectivity index (χ1n) is 8.43. The van der Waals surface area contributed by atoms with Gasteiger partial charge in [0.1, 0.15) is 5.75 Å². The molecule has 5 heteroatoms. The predicted molar refractivity (Wildman–Crippen MR) is 88.7 cm³/mol. The molecule has 2 aliphatic rings. The van der Waals surface area contributed by atoms with Crippen molar-refractivity contribution in [3.63, 3.8) is 0 Å². The second-order valence-electron chi connectivity index (χ2n) is 6.64. The van der Waals surface area contributed by atoms with Gasteiger partial charge >= 0.3 is 0 Å². The van der Waals surface area contributed by atoms with Crippen molar-refractivity contribution in [3.8, 4) is 5.75 Å². The maximum atomic E-state index is 12.9. The summed E-state index contributed by atoms with van der Waals surface area (Å²) in [6, 6.07) is 7.91. The molecule has 2 heterocycles. The number of ether oxygens (including phenoxy) is 2. The number of carbonyl (C=O) groups excluding carboxylic acids is 1. The van der Waals surface area contributed by atoms with Gasteiger partial charge < -0.3 is 19.3 Å². The van der Waals surface area contributed by atoms with Gasteiger partial charge in [0.05, 0.1) is 6.10 Å². The van der Waals surface area contributed by atoms with Crippen LogP contribution in [0.15, 0.2) is 24.3 Å². The van der Waals surface area contributed by atoms with Crippen molar-refractivity contribution in [1.29, 1.82) is 0 Å². The molecule has 0 spiro atoms. The number of hydrogen-bond donors (Lipinski definition) is 0. The van der Waals surface area contributed by atoms with Crippen LogP contribution in [0, 0.1) is 0 Å². The first-order valence-corrected chi connectivity index (χ1v) is 8.43. The van der Waals surface area contributed by atoms with Gasteiger partial charge in [-0.15, -0.1) is 0 Å². The molecule has 1 amide bonds. The largest absolute Gasteiger partial charge is 0.480 e. The first kappa shape index (κ1) is 16.3. The maximum Gasteiger partial charge on any atom is 0.264 e. The van der Waals surface area contributed by atoms with Crippen LogP contribution >= 0.6 is 0 Å². The van der Waals surface area contributed by atoms with E-state index in [0.29, 0.717) is 19.5 Å². The summed E-state index contributed by atoms with van der Waals surface area (Å²) < 4.78 is 11.6. The zero-order valence-corrected chi connectivity index (χ0v) is 14.0.